The van der Waals surface area contributed by atoms with Crippen LogP contribution in [0.3, 0.4) is 0 Å². The maximum absolute atomic E-state index is 13.0. The highest BCUT2D eigenvalue weighted by atomic mass is 35.5. The number of rotatable bonds is 4. The lowest BCUT2D eigenvalue weighted by Crippen LogP contribution is -2.37. The standard InChI is InChI=1S/C21H25ClN2O3S/c1-14-8-10-24(11-9-14)28(26,27)18-6-7-20(22)19(13-18)21(25)23-17-5-4-15(2)16(3)12-17/h4-7,12-14H,8-11H2,1-3H3,(H,23,25). The number of amides is 1. The van der Waals surface area contributed by atoms with Crippen molar-refractivity contribution in [1.29, 1.82) is 0 Å². The SMILES string of the molecule is Cc1ccc(NC(=O)c2cc(S(=O)(=O)N3CCC(C)CC3)ccc2Cl)cc1C. The third-order valence-corrected chi connectivity index (χ3v) is 7.55. The van der Waals surface area contributed by atoms with Gasteiger partial charge in [-0.15, -0.1) is 0 Å². The van der Waals surface area contributed by atoms with Crippen LogP contribution >= 0.6 is 11.6 Å². The summed E-state index contributed by atoms with van der Waals surface area (Å²) in [5.41, 5.74) is 2.97. The fraction of sp³-hybridized carbons (Fsp3) is 0.381. The molecule has 2 aromatic rings. The van der Waals surface area contributed by atoms with Gasteiger partial charge in [-0.1, -0.05) is 24.6 Å². The summed E-state index contributed by atoms with van der Waals surface area (Å²) < 4.78 is 27.4. The number of nitrogens with one attached hydrogen (secondary N) is 1. The van der Waals surface area contributed by atoms with E-state index in [1.54, 1.807) is 0 Å². The molecule has 1 saturated heterocycles. The van der Waals surface area contributed by atoms with Crippen molar-refractivity contribution in [2.75, 3.05) is 18.4 Å². The molecule has 1 heterocycles. The Labute approximate surface area is 171 Å². The highest BCUT2D eigenvalue weighted by Gasteiger charge is 2.29. The van der Waals surface area contributed by atoms with Crippen LogP contribution in [-0.4, -0.2) is 31.7 Å². The molecular weight excluding hydrogens is 396 g/mol. The summed E-state index contributed by atoms with van der Waals surface area (Å²) >= 11 is 6.20. The van der Waals surface area contributed by atoms with Crippen LogP contribution in [-0.2, 0) is 10.0 Å². The molecule has 0 unspecified atom stereocenters. The fourth-order valence-electron chi connectivity index (χ4n) is 3.23. The van der Waals surface area contributed by atoms with Crippen LogP contribution in [0, 0.1) is 19.8 Å². The molecule has 0 radical (unpaired) electrons. The zero-order valence-electron chi connectivity index (χ0n) is 16.3. The topological polar surface area (TPSA) is 66.5 Å². The van der Waals surface area contributed by atoms with Crippen molar-refractivity contribution in [1.82, 2.24) is 4.31 Å². The Hall–Kier alpha value is -1.89. The summed E-state index contributed by atoms with van der Waals surface area (Å²) in [6.07, 6.45) is 1.68. The van der Waals surface area contributed by atoms with Crippen molar-refractivity contribution in [3.63, 3.8) is 0 Å². The molecule has 2 aromatic carbocycles. The lowest BCUT2D eigenvalue weighted by molar-refractivity contribution is 0.102. The first-order chi connectivity index (χ1) is 13.2. The molecule has 1 fully saturated rings. The number of sulfonamides is 1. The van der Waals surface area contributed by atoms with Crippen molar-refractivity contribution >= 4 is 33.2 Å². The van der Waals surface area contributed by atoms with E-state index in [2.05, 4.69) is 12.2 Å². The number of halogens is 1. The summed E-state index contributed by atoms with van der Waals surface area (Å²) in [6.45, 7) is 7.08. The van der Waals surface area contributed by atoms with Crippen molar-refractivity contribution in [3.05, 3.63) is 58.1 Å². The van der Waals surface area contributed by atoms with Gasteiger partial charge in [0, 0.05) is 18.8 Å². The van der Waals surface area contributed by atoms with Gasteiger partial charge in [0.2, 0.25) is 10.0 Å². The molecular formula is C21H25ClN2O3S. The molecule has 0 aliphatic carbocycles. The fourth-order valence-corrected chi connectivity index (χ4v) is 4.93. The van der Waals surface area contributed by atoms with Crippen LogP contribution in [0.1, 0.15) is 41.3 Å². The summed E-state index contributed by atoms with van der Waals surface area (Å²) in [5.74, 6) is 0.0912. The quantitative estimate of drug-likeness (QED) is 0.784. The van der Waals surface area contributed by atoms with E-state index in [0.717, 1.165) is 24.0 Å². The van der Waals surface area contributed by atoms with Crippen LogP contribution in [0.15, 0.2) is 41.3 Å². The zero-order valence-corrected chi connectivity index (χ0v) is 17.9. The van der Waals surface area contributed by atoms with Crippen LogP contribution in [0.25, 0.3) is 0 Å². The summed E-state index contributed by atoms with van der Waals surface area (Å²) in [5, 5.41) is 3.01. The molecule has 5 nitrogen and oxygen atoms in total. The molecule has 28 heavy (non-hydrogen) atoms. The Morgan fingerprint density at radius 2 is 1.75 bits per heavy atom. The molecule has 1 N–H and O–H groups in total. The third kappa shape index (κ3) is 4.40. The van der Waals surface area contributed by atoms with Crippen molar-refractivity contribution < 1.29 is 13.2 Å². The second-order valence-corrected chi connectivity index (χ2v) is 9.83. The number of anilines is 1. The maximum atomic E-state index is 13.0. The Morgan fingerprint density at radius 3 is 2.39 bits per heavy atom. The van der Waals surface area contributed by atoms with Crippen molar-refractivity contribution in [3.8, 4) is 0 Å². The van der Waals surface area contributed by atoms with E-state index in [9.17, 15) is 13.2 Å². The van der Waals surface area contributed by atoms with Crippen LogP contribution in [0.2, 0.25) is 5.02 Å². The second kappa shape index (κ2) is 8.23. The van der Waals surface area contributed by atoms with Gasteiger partial charge in [-0.25, -0.2) is 8.42 Å². The molecule has 1 aliphatic heterocycles. The Balaban J connectivity index is 1.86. The van der Waals surface area contributed by atoms with E-state index in [-0.39, 0.29) is 15.5 Å². The predicted octanol–water partition coefficient (Wildman–Crippen LogP) is 4.63. The minimum Gasteiger partial charge on any atom is -0.322 e. The second-order valence-electron chi connectivity index (χ2n) is 7.48. The third-order valence-electron chi connectivity index (χ3n) is 5.33. The number of benzene rings is 2. The summed E-state index contributed by atoms with van der Waals surface area (Å²) in [6, 6.07) is 9.90. The van der Waals surface area contributed by atoms with E-state index in [1.807, 2.05) is 32.0 Å². The predicted molar refractivity (Wildman–Crippen MR) is 112 cm³/mol. The number of hydrogen-bond acceptors (Lipinski definition) is 3. The van der Waals surface area contributed by atoms with Crippen molar-refractivity contribution in [2.24, 2.45) is 5.92 Å². The molecule has 3 rings (SSSR count). The first kappa shape index (κ1) is 20.8. The summed E-state index contributed by atoms with van der Waals surface area (Å²) in [7, 11) is -3.65. The van der Waals surface area contributed by atoms with Gasteiger partial charge in [-0.05, 0) is 74.1 Å². The molecule has 1 aliphatic rings. The highest BCUT2D eigenvalue weighted by molar-refractivity contribution is 7.89. The number of aryl methyl sites for hydroxylation is 2. The number of carbonyl (C=O) groups is 1. The largest absolute Gasteiger partial charge is 0.322 e. The molecule has 0 aromatic heterocycles. The minimum absolute atomic E-state index is 0.0942. The monoisotopic (exact) mass is 420 g/mol. The number of nitrogens with zero attached hydrogens (tertiary/aromatic N) is 1. The molecule has 0 atom stereocenters. The molecule has 150 valence electrons. The van der Waals surface area contributed by atoms with Crippen LogP contribution < -0.4 is 5.32 Å². The van der Waals surface area contributed by atoms with Crippen LogP contribution in [0.5, 0.6) is 0 Å². The average Bonchev–Trinajstić information content (AvgIpc) is 2.65. The summed E-state index contributed by atoms with van der Waals surface area (Å²) in [4.78, 5) is 12.8. The lowest BCUT2D eigenvalue weighted by atomic mass is 10.0. The van der Waals surface area contributed by atoms with Gasteiger partial charge < -0.3 is 5.32 Å². The van der Waals surface area contributed by atoms with Gasteiger partial charge in [0.15, 0.2) is 0 Å². The van der Waals surface area contributed by atoms with Gasteiger partial charge in [0.05, 0.1) is 15.5 Å². The number of piperidine rings is 1. The lowest BCUT2D eigenvalue weighted by Gasteiger charge is -2.29. The number of hydrogen-bond donors (Lipinski definition) is 1. The van der Waals surface area contributed by atoms with Gasteiger partial charge in [-0.2, -0.15) is 4.31 Å². The van der Waals surface area contributed by atoms with Gasteiger partial charge >= 0.3 is 0 Å². The smallest absolute Gasteiger partial charge is 0.257 e. The van der Waals surface area contributed by atoms with Gasteiger partial charge in [0.25, 0.3) is 5.91 Å². The normalized spacial score (nSPS) is 16.1. The van der Waals surface area contributed by atoms with E-state index in [4.69, 9.17) is 11.6 Å². The molecule has 7 heteroatoms. The van der Waals surface area contributed by atoms with E-state index in [0.29, 0.717) is 24.7 Å². The van der Waals surface area contributed by atoms with E-state index < -0.39 is 15.9 Å². The molecule has 0 bridgehead atoms. The molecule has 0 spiro atoms. The Morgan fingerprint density at radius 1 is 1.07 bits per heavy atom. The highest BCUT2D eigenvalue weighted by Crippen LogP contribution is 2.27. The van der Waals surface area contributed by atoms with Crippen LogP contribution in [0.4, 0.5) is 5.69 Å². The molecule has 1 amide bonds. The number of carbonyl (C=O) groups excluding carboxylic acids is 1. The average molecular weight is 421 g/mol. The van der Waals surface area contributed by atoms with Crippen molar-refractivity contribution in [2.45, 2.75) is 38.5 Å². The van der Waals surface area contributed by atoms with Gasteiger partial charge in [-0.3, -0.25) is 4.79 Å². The zero-order chi connectivity index (χ0) is 20.5. The minimum atomic E-state index is -3.65. The first-order valence-electron chi connectivity index (χ1n) is 9.37. The first-order valence-corrected chi connectivity index (χ1v) is 11.2. The maximum Gasteiger partial charge on any atom is 0.257 e. The molecule has 0 saturated carbocycles. The Kier molecular flexibility index (Phi) is 6.12. The van der Waals surface area contributed by atoms with E-state index >= 15 is 0 Å². The Bertz CT molecular complexity index is 997. The van der Waals surface area contributed by atoms with Gasteiger partial charge in [0.1, 0.15) is 0 Å². The van der Waals surface area contributed by atoms with E-state index in [1.165, 1.54) is 22.5 Å².